The lowest BCUT2D eigenvalue weighted by Gasteiger charge is -2.10. The van der Waals surface area contributed by atoms with Crippen molar-refractivity contribution in [2.45, 2.75) is 5.16 Å². The molecule has 4 aromatic rings. The summed E-state index contributed by atoms with van der Waals surface area (Å²) in [5.74, 6) is 1.22. The molecule has 0 aliphatic rings. The van der Waals surface area contributed by atoms with E-state index in [4.69, 9.17) is 4.74 Å². The summed E-state index contributed by atoms with van der Waals surface area (Å²) in [6.45, 7) is 0. The lowest BCUT2D eigenvalue weighted by atomic mass is 10.2. The predicted molar refractivity (Wildman–Crippen MR) is 142 cm³/mol. The van der Waals surface area contributed by atoms with Crippen molar-refractivity contribution < 1.29 is 9.53 Å². The van der Waals surface area contributed by atoms with E-state index in [-0.39, 0.29) is 11.7 Å². The second-order valence-corrected chi connectivity index (χ2v) is 9.73. The van der Waals surface area contributed by atoms with Gasteiger partial charge in [0.25, 0.3) is 5.91 Å². The molecule has 0 radical (unpaired) electrons. The summed E-state index contributed by atoms with van der Waals surface area (Å²) in [6, 6.07) is 23.2. The Morgan fingerprint density at radius 1 is 1.06 bits per heavy atom. The summed E-state index contributed by atoms with van der Waals surface area (Å²) in [5, 5.41) is 13.4. The van der Waals surface area contributed by atoms with Gasteiger partial charge in [-0.05, 0) is 42.5 Å². The number of amides is 1. The van der Waals surface area contributed by atoms with E-state index in [1.807, 2.05) is 77.4 Å². The zero-order valence-electron chi connectivity index (χ0n) is 18.0. The number of aromatic nitrogens is 3. The molecule has 34 heavy (non-hydrogen) atoms. The molecule has 1 heterocycles. The van der Waals surface area contributed by atoms with Crippen LogP contribution in [-0.4, -0.2) is 39.7 Å². The third-order valence-corrected chi connectivity index (χ3v) is 6.62. The second kappa shape index (κ2) is 11.5. The number of nitrogens with one attached hydrogen (secondary N) is 1. The van der Waals surface area contributed by atoms with Crippen molar-refractivity contribution in [3.8, 4) is 22.8 Å². The van der Waals surface area contributed by atoms with Crippen molar-refractivity contribution >= 4 is 55.7 Å². The van der Waals surface area contributed by atoms with Crippen LogP contribution in [0, 0.1) is 0 Å². The minimum Gasteiger partial charge on any atom is -0.496 e. The van der Waals surface area contributed by atoms with E-state index in [1.54, 1.807) is 13.3 Å². The Balaban J connectivity index is 1.49. The molecule has 0 saturated carbocycles. The number of halogens is 2. The number of hydrogen-bond acceptors (Lipinski definition) is 6. The highest BCUT2D eigenvalue weighted by Crippen LogP contribution is 2.28. The zero-order valence-corrected chi connectivity index (χ0v) is 22.0. The number of benzene rings is 3. The van der Waals surface area contributed by atoms with Gasteiger partial charge in [-0.3, -0.25) is 9.36 Å². The Morgan fingerprint density at radius 2 is 1.79 bits per heavy atom. The molecule has 10 heteroatoms. The van der Waals surface area contributed by atoms with Crippen LogP contribution in [0.5, 0.6) is 5.75 Å². The molecule has 0 spiro atoms. The highest BCUT2D eigenvalue weighted by molar-refractivity contribution is 9.10. The van der Waals surface area contributed by atoms with E-state index in [2.05, 4.69) is 52.6 Å². The van der Waals surface area contributed by atoms with Crippen LogP contribution in [0.15, 0.2) is 92.0 Å². The number of carbonyl (C=O) groups is 1. The van der Waals surface area contributed by atoms with Gasteiger partial charge < -0.3 is 4.74 Å². The Kier molecular flexibility index (Phi) is 8.15. The summed E-state index contributed by atoms with van der Waals surface area (Å²) in [4.78, 5) is 12.4. The lowest BCUT2D eigenvalue weighted by Crippen LogP contribution is -2.20. The average Bonchev–Trinajstić information content (AvgIpc) is 3.28. The van der Waals surface area contributed by atoms with Crippen LogP contribution >= 0.6 is 43.6 Å². The van der Waals surface area contributed by atoms with Crippen LogP contribution in [0.3, 0.4) is 0 Å². The number of para-hydroxylation sites is 1. The molecule has 1 amide bonds. The highest BCUT2D eigenvalue weighted by Gasteiger charge is 2.17. The maximum absolute atomic E-state index is 12.4. The first kappa shape index (κ1) is 24.2. The Bertz CT molecular complexity index is 1310. The van der Waals surface area contributed by atoms with E-state index in [0.29, 0.717) is 16.7 Å². The van der Waals surface area contributed by atoms with Gasteiger partial charge in [-0.25, -0.2) is 5.43 Å². The molecule has 0 unspecified atom stereocenters. The number of carbonyl (C=O) groups excluding carboxylic acids is 1. The molecule has 0 aliphatic carbocycles. The van der Waals surface area contributed by atoms with Gasteiger partial charge in [0.05, 0.1) is 19.1 Å². The largest absolute Gasteiger partial charge is 0.496 e. The third-order valence-electron chi connectivity index (χ3n) is 4.67. The van der Waals surface area contributed by atoms with Crippen LogP contribution < -0.4 is 10.2 Å². The molecule has 172 valence electrons. The summed E-state index contributed by atoms with van der Waals surface area (Å²) < 4.78 is 9.12. The molecule has 4 rings (SSSR count). The van der Waals surface area contributed by atoms with Gasteiger partial charge in [0.15, 0.2) is 11.0 Å². The van der Waals surface area contributed by atoms with Crippen molar-refractivity contribution in [2.75, 3.05) is 12.9 Å². The molecule has 0 aliphatic heterocycles. The fraction of sp³-hybridized carbons (Fsp3) is 0.0833. The molecule has 0 fully saturated rings. The molecule has 0 atom stereocenters. The first-order valence-electron chi connectivity index (χ1n) is 10.1. The monoisotopic (exact) mass is 599 g/mol. The molecular formula is C24H19Br2N5O2S. The van der Waals surface area contributed by atoms with E-state index in [0.717, 1.165) is 25.8 Å². The minimum atomic E-state index is -0.261. The average molecular weight is 601 g/mol. The van der Waals surface area contributed by atoms with Gasteiger partial charge in [0.2, 0.25) is 0 Å². The molecule has 0 bridgehead atoms. The maximum Gasteiger partial charge on any atom is 0.250 e. The number of rotatable bonds is 8. The smallest absolute Gasteiger partial charge is 0.250 e. The van der Waals surface area contributed by atoms with Crippen molar-refractivity contribution in [2.24, 2.45) is 5.10 Å². The van der Waals surface area contributed by atoms with Gasteiger partial charge in [0.1, 0.15) is 5.75 Å². The maximum atomic E-state index is 12.4. The van der Waals surface area contributed by atoms with Crippen LogP contribution in [0.2, 0.25) is 0 Å². The number of ether oxygens (including phenoxy) is 1. The first-order chi connectivity index (χ1) is 16.5. The summed E-state index contributed by atoms with van der Waals surface area (Å²) in [6.07, 6.45) is 1.55. The number of hydrazone groups is 1. The number of nitrogens with zero attached hydrogens (tertiary/aromatic N) is 4. The molecular weight excluding hydrogens is 582 g/mol. The lowest BCUT2D eigenvalue weighted by molar-refractivity contribution is -0.118. The standard InChI is InChI=1S/C24H19Br2N5O2S/c1-33-21-12-11-19(26)13-17(21)14-27-28-22(32)15-34-24-30-29-23(16-7-9-18(25)10-8-16)31(24)20-5-3-2-4-6-20/h2-14H,15H2,1H3,(H,28,32). The molecule has 1 N–H and O–H groups in total. The van der Waals surface area contributed by atoms with Gasteiger partial charge in [0, 0.05) is 25.8 Å². The Hall–Kier alpha value is -2.95. The van der Waals surface area contributed by atoms with Gasteiger partial charge in [-0.15, -0.1) is 10.2 Å². The number of hydrogen-bond donors (Lipinski definition) is 1. The fourth-order valence-corrected chi connectivity index (χ4v) is 4.49. The zero-order chi connectivity index (χ0) is 23.9. The topological polar surface area (TPSA) is 81.4 Å². The normalized spacial score (nSPS) is 11.0. The SMILES string of the molecule is COc1ccc(Br)cc1C=NNC(=O)CSc1nnc(-c2ccc(Br)cc2)n1-c1ccccc1. The van der Waals surface area contributed by atoms with Crippen LogP contribution in [0.4, 0.5) is 0 Å². The van der Waals surface area contributed by atoms with E-state index < -0.39 is 0 Å². The fourth-order valence-electron chi connectivity index (χ4n) is 3.10. The summed E-state index contributed by atoms with van der Waals surface area (Å²) in [7, 11) is 1.58. The minimum absolute atomic E-state index is 0.123. The van der Waals surface area contributed by atoms with Crippen molar-refractivity contribution in [1.29, 1.82) is 0 Å². The molecule has 1 aromatic heterocycles. The van der Waals surface area contributed by atoms with Crippen molar-refractivity contribution in [3.63, 3.8) is 0 Å². The Labute approximate surface area is 217 Å². The van der Waals surface area contributed by atoms with Crippen LogP contribution in [0.25, 0.3) is 17.1 Å². The van der Waals surface area contributed by atoms with E-state index in [1.165, 1.54) is 11.8 Å². The summed E-state index contributed by atoms with van der Waals surface area (Å²) >= 11 is 8.17. The van der Waals surface area contributed by atoms with Gasteiger partial charge in [-0.2, -0.15) is 5.10 Å². The number of thioether (sulfide) groups is 1. The quantitative estimate of drug-likeness (QED) is 0.159. The van der Waals surface area contributed by atoms with E-state index in [9.17, 15) is 4.79 Å². The van der Waals surface area contributed by atoms with Crippen LogP contribution in [0.1, 0.15) is 5.56 Å². The molecule has 0 saturated heterocycles. The highest BCUT2D eigenvalue weighted by atomic mass is 79.9. The first-order valence-corrected chi connectivity index (χ1v) is 12.7. The third kappa shape index (κ3) is 5.94. The predicted octanol–water partition coefficient (Wildman–Crippen LogP) is 5.71. The summed E-state index contributed by atoms with van der Waals surface area (Å²) in [5.41, 5.74) is 5.13. The van der Waals surface area contributed by atoms with Crippen molar-refractivity contribution in [3.05, 3.63) is 87.3 Å². The second-order valence-electron chi connectivity index (χ2n) is 6.95. The van der Waals surface area contributed by atoms with Crippen LogP contribution in [-0.2, 0) is 4.79 Å². The van der Waals surface area contributed by atoms with Gasteiger partial charge >= 0.3 is 0 Å². The molecule has 3 aromatic carbocycles. The Morgan fingerprint density at radius 3 is 2.53 bits per heavy atom. The molecule has 7 nitrogen and oxygen atoms in total. The van der Waals surface area contributed by atoms with Crippen molar-refractivity contribution in [1.82, 2.24) is 20.2 Å². The van der Waals surface area contributed by atoms with E-state index >= 15 is 0 Å². The van der Waals surface area contributed by atoms with Gasteiger partial charge in [-0.1, -0.05) is 74.0 Å². The number of methoxy groups -OCH3 is 1.